The molecule has 0 atom stereocenters. The second-order valence-corrected chi connectivity index (χ2v) is 13.2. The number of benzene rings is 7. The maximum Gasteiger partial charge on any atom is 0.241 e. The van der Waals surface area contributed by atoms with Gasteiger partial charge in [-0.05, 0) is 48.5 Å². The Hall–Kier alpha value is -7.38. The molecule has 7 aromatic carbocycles. The quantitative estimate of drug-likeness (QED) is 0.182. The summed E-state index contributed by atoms with van der Waals surface area (Å²) >= 11 is 0. The van der Waals surface area contributed by atoms with Gasteiger partial charge in [0.1, 0.15) is 0 Å². The van der Waals surface area contributed by atoms with Gasteiger partial charge >= 0.3 is 0 Å². The summed E-state index contributed by atoms with van der Waals surface area (Å²) in [6.45, 7) is 0. The van der Waals surface area contributed by atoms with E-state index in [1.165, 1.54) is 10.8 Å². The molecule has 0 radical (unpaired) electrons. The van der Waals surface area contributed by atoms with Crippen LogP contribution in [0.4, 0.5) is 0 Å². The Morgan fingerprint density at radius 2 is 0.792 bits per heavy atom. The molecule has 0 N–H and O–H groups in total. The van der Waals surface area contributed by atoms with Crippen molar-refractivity contribution in [1.29, 1.82) is 0 Å². The van der Waals surface area contributed by atoms with Crippen molar-refractivity contribution in [3.63, 3.8) is 0 Å². The zero-order chi connectivity index (χ0) is 34.9. The standard InChI is InChI=1S/C46H29N7/c1-4-16-30(17-5-1)43-48-44(31-18-6-2-7-19-31)50-45(49-43)53-40-27-15-12-24-37(40)47-46(53)52-39-26-14-11-23-34(39)36-28-41-35(29-42(36)52)33-22-10-13-25-38(33)51(41)32-20-8-3-9-21-32/h1-29H. The maximum absolute atomic E-state index is 5.35. The topological polar surface area (TPSA) is 66.3 Å². The summed E-state index contributed by atoms with van der Waals surface area (Å²) in [6.07, 6.45) is 0. The van der Waals surface area contributed by atoms with Gasteiger partial charge in [-0.25, -0.2) is 14.5 Å². The van der Waals surface area contributed by atoms with Gasteiger partial charge in [0, 0.05) is 38.4 Å². The molecule has 7 nitrogen and oxygen atoms in total. The molecule has 7 heteroatoms. The average molecular weight is 680 g/mol. The van der Waals surface area contributed by atoms with E-state index in [9.17, 15) is 0 Å². The van der Waals surface area contributed by atoms with Crippen LogP contribution in [0, 0.1) is 0 Å². The van der Waals surface area contributed by atoms with Gasteiger partial charge in [-0.15, -0.1) is 0 Å². The van der Waals surface area contributed by atoms with Gasteiger partial charge < -0.3 is 4.57 Å². The van der Waals surface area contributed by atoms with E-state index in [4.69, 9.17) is 19.9 Å². The molecule has 248 valence electrons. The highest BCUT2D eigenvalue weighted by molar-refractivity contribution is 6.19. The molecule has 0 unspecified atom stereocenters. The smallest absolute Gasteiger partial charge is 0.241 e. The van der Waals surface area contributed by atoms with E-state index in [1.807, 2.05) is 78.9 Å². The molecule has 4 aromatic heterocycles. The second kappa shape index (κ2) is 11.6. The van der Waals surface area contributed by atoms with E-state index in [0.717, 1.165) is 60.7 Å². The number of imidazole rings is 1. The third-order valence-corrected chi connectivity index (χ3v) is 10.1. The van der Waals surface area contributed by atoms with Crippen molar-refractivity contribution >= 4 is 54.6 Å². The highest BCUT2D eigenvalue weighted by Crippen LogP contribution is 2.40. The summed E-state index contributed by atoms with van der Waals surface area (Å²) in [5.41, 5.74) is 9.10. The van der Waals surface area contributed by atoms with E-state index in [-0.39, 0.29) is 0 Å². The lowest BCUT2D eigenvalue weighted by molar-refractivity contribution is 0.876. The number of hydrogen-bond acceptors (Lipinski definition) is 4. The Bertz CT molecular complexity index is 3100. The zero-order valence-electron chi connectivity index (χ0n) is 28.4. The van der Waals surface area contributed by atoms with Crippen molar-refractivity contribution < 1.29 is 0 Å². The largest absolute Gasteiger partial charge is 0.309 e. The first-order valence-electron chi connectivity index (χ1n) is 17.7. The molecule has 53 heavy (non-hydrogen) atoms. The summed E-state index contributed by atoms with van der Waals surface area (Å²) in [5.74, 6) is 2.38. The minimum atomic E-state index is 0.495. The van der Waals surface area contributed by atoms with Crippen LogP contribution in [0.3, 0.4) is 0 Å². The van der Waals surface area contributed by atoms with Crippen LogP contribution in [0.1, 0.15) is 0 Å². The van der Waals surface area contributed by atoms with Crippen LogP contribution in [0.15, 0.2) is 176 Å². The SMILES string of the molecule is c1ccc(-c2nc(-c3ccccc3)nc(-n3c(-n4c5ccccc5c5cc6c(cc54)c4ccccc4n6-c4ccccc4)nc4ccccc43)n2)cc1. The number of para-hydroxylation sites is 5. The third-order valence-electron chi connectivity index (χ3n) is 10.1. The van der Waals surface area contributed by atoms with Gasteiger partial charge in [-0.2, -0.15) is 9.97 Å². The Morgan fingerprint density at radius 1 is 0.321 bits per heavy atom. The van der Waals surface area contributed by atoms with E-state index in [0.29, 0.717) is 23.5 Å². The molecule has 0 aliphatic heterocycles. The molecule has 0 fully saturated rings. The molecule has 0 aliphatic carbocycles. The molecule has 4 heterocycles. The summed E-state index contributed by atoms with van der Waals surface area (Å²) < 4.78 is 6.72. The first-order valence-corrected chi connectivity index (χ1v) is 17.7. The zero-order valence-corrected chi connectivity index (χ0v) is 28.4. The maximum atomic E-state index is 5.35. The average Bonchev–Trinajstić information content (AvgIpc) is 3.88. The van der Waals surface area contributed by atoms with Crippen LogP contribution in [0.2, 0.25) is 0 Å². The van der Waals surface area contributed by atoms with Crippen molar-refractivity contribution in [2.75, 3.05) is 0 Å². The van der Waals surface area contributed by atoms with Crippen LogP contribution >= 0.6 is 0 Å². The molecule has 0 bridgehead atoms. The van der Waals surface area contributed by atoms with Crippen LogP contribution in [-0.4, -0.2) is 33.6 Å². The molecule has 0 saturated carbocycles. The van der Waals surface area contributed by atoms with Crippen LogP contribution in [0.5, 0.6) is 0 Å². The molecule has 0 aliphatic rings. The molecule has 11 aromatic rings. The Balaban J connectivity index is 1.25. The number of rotatable bonds is 5. The Morgan fingerprint density at radius 3 is 1.40 bits per heavy atom. The number of aromatic nitrogens is 7. The molecule has 0 amide bonds. The molecule has 0 spiro atoms. The summed E-state index contributed by atoms with van der Waals surface area (Å²) in [7, 11) is 0. The lowest BCUT2D eigenvalue weighted by atomic mass is 10.1. The minimum Gasteiger partial charge on any atom is -0.309 e. The molecule has 0 saturated heterocycles. The highest BCUT2D eigenvalue weighted by Gasteiger charge is 2.24. The first kappa shape index (κ1) is 29.4. The fourth-order valence-electron chi connectivity index (χ4n) is 7.76. The lowest BCUT2D eigenvalue weighted by Gasteiger charge is -2.13. The normalized spacial score (nSPS) is 11.8. The van der Waals surface area contributed by atoms with Gasteiger partial charge in [0.25, 0.3) is 0 Å². The highest BCUT2D eigenvalue weighted by atomic mass is 15.3. The van der Waals surface area contributed by atoms with Gasteiger partial charge in [0.05, 0.1) is 33.1 Å². The monoisotopic (exact) mass is 679 g/mol. The van der Waals surface area contributed by atoms with Crippen molar-refractivity contribution in [3.8, 4) is 40.4 Å². The summed E-state index contributed by atoms with van der Waals surface area (Å²) in [5, 5.41) is 4.63. The Kier molecular flexibility index (Phi) is 6.42. The van der Waals surface area contributed by atoms with Gasteiger partial charge in [-0.1, -0.05) is 127 Å². The molecule has 11 rings (SSSR count). The van der Waals surface area contributed by atoms with Crippen molar-refractivity contribution in [1.82, 2.24) is 33.6 Å². The number of nitrogens with zero attached hydrogens (tertiary/aromatic N) is 7. The third kappa shape index (κ3) is 4.54. The Labute approximate surface area is 303 Å². The fraction of sp³-hybridized carbons (Fsp3) is 0. The van der Waals surface area contributed by atoms with E-state index < -0.39 is 0 Å². The van der Waals surface area contributed by atoms with Crippen LogP contribution < -0.4 is 0 Å². The fourth-order valence-corrected chi connectivity index (χ4v) is 7.76. The second-order valence-electron chi connectivity index (χ2n) is 13.2. The van der Waals surface area contributed by atoms with Crippen molar-refractivity contribution in [3.05, 3.63) is 176 Å². The van der Waals surface area contributed by atoms with Crippen LogP contribution in [-0.2, 0) is 0 Å². The predicted octanol–water partition coefficient (Wildman–Crippen LogP) is 10.7. The predicted molar refractivity (Wildman–Crippen MR) is 214 cm³/mol. The summed E-state index contributed by atoms with van der Waals surface area (Å²) in [4.78, 5) is 20.7. The van der Waals surface area contributed by atoms with Crippen LogP contribution in [0.25, 0.3) is 95.0 Å². The number of hydrogen-bond donors (Lipinski definition) is 0. The van der Waals surface area contributed by atoms with Crippen molar-refractivity contribution in [2.24, 2.45) is 0 Å². The summed E-state index contributed by atoms with van der Waals surface area (Å²) in [6, 6.07) is 60.8. The van der Waals surface area contributed by atoms with E-state index in [2.05, 4.69) is 111 Å². The van der Waals surface area contributed by atoms with Gasteiger partial charge in [-0.3, -0.25) is 4.57 Å². The van der Waals surface area contributed by atoms with Gasteiger partial charge in [0.15, 0.2) is 11.6 Å². The first-order chi connectivity index (χ1) is 26.3. The molecular weight excluding hydrogens is 651 g/mol. The minimum absolute atomic E-state index is 0.495. The van der Waals surface area contributed by atoms with Gasteiger partial charge in [0.2, 0.25) is 11.9 Å². The van der Waals surface area contributed by atoms with E-state index in [1.54, 1.807) is 0 Å². The molecular formula is C46H29N7. The van der Waals surface area contributed by atoms with Crippen molar-refractivity contribution in [2.45, 2.75) is 0 Å². The lowest BCUT2D eigenvalue weighted by Crippen LogP contribution is -2.11. The number of fused-ring (bicyclic) bond motifs is 7. The van der Waals surface area contributed by atoms with E-state index >= 15 is 0 Å².